The molecule has 0 radical (unpaired) electrons. The Bertz CT molecular complexity index is 838. The highest BCUT2D eigenvalue weighted by Gasteiger charge is 2.54. The molecular formula is C23H29F3N2O5. The predicted octanol–water partition coefficient (Wildman–Crippen LogP) is 3.74. The van der Waals surface area contributed by atoms with E-state index in [2.05, 4.69) is 11.1 Å². The van der Waals surface area contributed by atoms with Gasteiger partial charge in [0.25, 0.3) is 0 Å². The number of alkyl halides is 3. The third-order valence-corrected chi connectivity index (χ3v) is 6.21. The number of aliphatic carboxylic acids is 1. The van der Waals surface area contributed by atoms with E-state index in [0.29, 0.717) is 25.6 Å². The summed E-state index contributed by atoms with van der Waals surface area (Å²) in [7, 11) is 0. The first-order valence-corrected chi connectivity index (χ1v) is 11.1. The molecule has 2 saturated heterocycles. The molecule has 7 nitrogen and oxygen atoms in total. The van der Waals surface area contributed by atoms with Gasteiger partial charge in [0.1, 0.15) is 5.60 Å². The lowest BCUT2D eigenvalue weighted by Gasteiger charge is -2.50. The Hall–Kier alpha value is -2.46. The van der Waals surface area contributed by atoms with Crippen molar-refractivity contribution in [3.8, 4) is 0 Å². The van der Waals surface area contributed by atoms with Crippen LogP contribution in [0, 0.1) is 5.92 Å². The number of amides is 1. The standard InChI is InChI=1S/C21H28N2O3.C2HF3O2/c24-20(12-17-4-2-1-3-5-17)23-15-21(16-23)19(8-11-26-21)14-25-13-18-6-9-22-10-7-18;3-2(4,5)1(6)7/h4,6-7,9-10,19H,1-3,5,8,11-16H2;(H,6,7). The molecule has 4 rings (SSSR count). The van der Waals surface area contributed by atoms with Crippen LogP contribution < -0.4 is 0 Å². The maximum absolute atomic E-state index is 12.5. The highest BCUT2D eigenvalue weighted by Crippen LogP contribution is 2.40. The van der Waals surface area contributed by atoms with E-state index in [1.165, 1.54) is 18.4 Å². The minimum Gasteiger partial charge on any atom is -0.475 e. The van der Waals surface area contributed by atoms with Gasteiger partial charge in [-0.3, -0.25) is 9.78 Å². The lowest BCUT2D eigenvalue weighted by molar-refractivity contribution is -0.192. The molecule has 2 fully saturated rings. The summed E-state index contributed by atoms with van der Waals surface area (Å²) in [4.78, 5) is 27.4. The lowest BCUT2D eigenvalue weighted by atomic mass is 9.81. The van der Waals surface area contributed by atoms with E-state index in [0.717, 1.165) is 44.5 Å². The van der Waals surface area contributed by atoms with Crippen molar-refractivity contribution in [1.82, 2.24) is 9.88 Å². The molecule has 3 aliphatic rings. The SMILES string of the molecule is O=C(CC1=CCCCC1)N1CC2(C1)OCCC2COCc1ccncc1.O=C(O)C(F)(F)F. The molecule has 1 aromatic heterocycles. The molecule has 1 aliphatic carbocycles. The Kier molecular flexibility index (Phi) is 8.47. The molecule has 1 N–H and O–H groups in total. The highest BCUT2D eigenvalue weighted by atomic mass is 19.4. The number of nitrogens with zero attached hydrogens (tertiary/aromatic N) is 2. The molecule has 1 atom stereocenters. The second-order valence-electron chi connectivity index (χ2n) is 8.61. The van der Waals surface area contributed by atoms with Gasteiger partial charge in [-0.15, -0.1) is 0 Å². The van der Waals surface area contributed by atoms with E-state index in [9.17, 15) is 18.0 Å². The fourth-order valence-electron chi connectivity index (χ4n) is 4.32. The lowest BCUT2D eigenvalue weighted by Crippen LogP contribution is -2.66. The van der Waals surface area contributed by atoms with E-state index >= 15 is 0 Å². The van der Waals surface area contributed by atoms with Crippen molar-refractivity contribution in [3.05, 3.63) is 41.7 Å². The number of carbonyl (C=O) groups excluding carboxylic acids is 1. The number of hydrogen-bond acceptors (Lipinski definition) is 5. The number of carbonyl (C=O) groups is 2. The van der Waals surface area contributed by atoms with Gasteiger partial charge in [-0.25, -0.2) is 4.79 Å². The zero-order valence-corrected chi connectivity index (χ0v) is 18.4. The van der Waals surface area contributed by atoms with Crippen molar-refractivity contribution in [2.75, 3.05) is 26.3 Å². The number of halogens is 3. The van der Waals surface area contributed by atoms with E-state index in [-0.39, 0.29) is 11.5 Å². The molecule has 33 heavy (non-hydrogen) atoms. The largest absolute Gasteiger partial charge is 0.490 e. The van der Waals surface area contributed by atoms with Crippen molar-refractivity contribution in [3.63, 3.8) is 0 Å². The summed E-state index contributed by atoms with van der Waals surface area (Å²) in [6.07, 6.45) is 7.08. The number of rotatable bonds is 6. The van der Waals surface area contributed by atoms with E-state index in [1.54, 1.807) is 12.4 Å². The summed E-state index contributed by atoms with van der Waals surface area (Å²) < 4.78 is 43.7. The van der Waals surface area contributed by atoms with Crippen molar-refractivity contribution >= 4 is 11.9 Å². The highest BCUT2D eigenvalue weighted by molar-refractivity contribution is 5.80. The number of hydrogen-bond donors (Lipinski definition) is 1. The maximum atomic E-state index is 12.5. The molecule has 2 aliphatic heterocycles. The average molecular weight is 470 g/mol. The maximum Gasteiger partial charge on any atom is 0.490 e. The number of carboxylic acid groups (broad SMARTS) is 1. The van der Waals surface area contributed by atoms with Crippen LogP contribution in [0.25, 0.3) is 0 Å². The number of aromatic nitrogens is 1. The fourth-order valence-corrected chi connectivity index (χ4v) is 4.32. The van der Waals surface area contributed by atoms with Crippen LogP contribution in [0.5, 0.6) is 0 Å². The van der Waals surface area contributed by atoms with Crippen LogP contribution in [0.2, 0.25) is 0 Å². The molecule has 1 amide bonds. The van der Waals surface area contributed by atoms with Crippen LogP contribution in [-0.4, -0.2) is 64.9 Å². The minimum absolute atomic E-state index is 0.172. The average Bonchev–Trinajstić information content (AvgIpc) is 3.18. The summed E-state index contributed by atoms with van der Waals surface area (Å²) in [6.45, 7) is 3.52. The van der Waals surface area contributed by atoms with Crippen molar-refractivity contribution < 1.29 is 37.3 Å². The van der Waals surface area contributed by atoms with E-state index < -0.39 is 12.1 Å². The van der Waals surface area contributed by atoms with Crippen molar-refractivity contribution in [2.45, 2.75) is 56.9 Å². The summed E-state index contributed by atoms with van der Waals surface area (Å²) in [5, 5.41) is 7.12. The first kappa shape index (κ1) is 25.2. The van der Waals surface area contributed by atoms with Crippen molar-refractivity contribution in [1.29, 1.82) is 0 Å². The monoisotopic (exact) mass is 470 g/mol. The van der Waals surface area contributed by atoms with Crippen LogP contribution in [0.3, 0.4) is 0 Å². The molecule has 0 bridgehead atoms. The quantitative estimate of drug-likeness (QED) is 0.638. The fraction of sp³-hybridized carbons (Fsp3) is 0.609. The Morgan fingerprint density at radius 3 is 2.55 bits per heavy atom. The van der Waals surface area contributed by atoms with Gasteiger partial charge in [0.15, 0.2) is 0 Å². The van der Waals surface area contributed by atoms with Gasteiger partial charge in [-0.1, -0.05) is 11.6 Å². The van der Waals surface area contributed by atoms with Gasteiger partial charge in [0, 0.05) is 31.3 Å². The molecule has 10 heteroatoms. The van der Waals surface area contributed by atoms with Crippen molar-refractivity contribution in [2.24, 2.45) is 5.92 Å². The molecule has 182 valence electrons. The number of ether oxygens (including phenoxy) is 2. The van der Waals surface area contributed by atoms with Gasteiger partial charge < -0.3 is 19.5 Å². The molecule has 0 saturated carbocycles. The molecule has 0 aromatic carbocycles. The van der Waals surface area contributed by atoms with Gasteiger partial charge in [-0.05, 0) is 49.8 Å². The van der Waals surface area contributed by atoms with E-state index in [4.69, 9.17) is 19.4 Å². The molecule has 1 spiro atoms. The second kappa shape index (κ2) is 11.1. The smallest absolute Gasteiger partial charge is 0.475 e. The topological polar surface area (TPSA) is 89.0 Å². The first-order chi connectivity index (χ1) is 15.7. The Balaban J connectivity index is 0.000000383. The predicted molar refractivity (Wildman–Crippen MR) is 112 cm³/mol. The van der Waals surface area contributed by atoms with Crippen LogP contribution >= 0.6 is 0 Å². The van der Waals surface area contributed by atoms with Gasteiger partial charge in [-0.2, -0.15) is 13.2 Å². The Labute approximate surface area is 190 Å². The summed E-state index contributed by atoms with van der Waals surface area (Å²) >= 11 is 0. The number of allylic oxidation sites excluding steroid dienone is 1. The molecule has 1 aromatic rings. The normalized spacial score (nSPS) is 21.6. The summed E-state index contributed by atoms with van der Waals surface area (Å²) in [5.41, 5.74) is 2.29. The van der Waals surface area contributed by atoms with Crippen LogP contribution in [0.15, 0.2) is 36.2 Å². The summed E-state index contributed by atoms with van der Waals surface area (Å²) in [5.74, 6) is -2.12. The molecule has 3 heterocycles. The zero-order chi connectivity index (χ0) is 23.9. The third-order valence-electron chi connectivity index (χ3n) is 6.21. The molecule has 1 unspecified atom stereocenters. The van der Waals surface area contributed by atoms with Crippen LogP contribution in [0.4, 0.5) is 13.2 Å². The van der Waals surface area contributed by atoms with Crippen LogP contribution in [0.1, 0.15) is 44.1 Å². The minimum atomic E-state index is -5.08. The summed E-state index contributed by atoms with van der Waals surface area (Å²) in [6, 6.07) is 3.95. The van der Waals surface area contributed by atoms with Gasteiger partial charge in [0.2, 0.25) is 5.91 Å². The van der Waals surface area contributed by atoms with Gasteiger partial charge >= 0.3 is 12.1 Å². The Morgan fingerprint density at radius 1 is 1.24 bits per heavy atom. The van der Waals surface area contributed by atoms with Gasteiger partial charge in [0.05, 0.1) is 26.3 Å². The Morgan fingerprint density at radius 2 is 1.94 bits per heavy atom. The number of likely N-dealkylation sites (tertiary alicyclic amines) is 1. The second-order valence-corrected chi connectivity index (χ2v) is 8.61. The first-order valence-electron chi connectivity index (χ1n) is 11.1. The molecular weight excluding hydrogens is 441 g/mol. The van der Waals surface area contributed by atoms with Crippen LogP contribution in [-0.2, 0) is 25.7 Å². The van der Waals surface area contributed by atoms with E-state index in [1.807, 2.05) is 17.0 Å². The third kappa shape index (κ3) is 7.01. The zero-order valence-electron chi connectivity index (χ0n) is 18.4. The number of carboxylic acids is 1. The number of pyridine rings is 1.